The third kappa shape index (κ3) is 2.25. The standard InChI is InChI=1S/C15H16N2O/c1-11-6-4-5-7-14(11)17(3)15-12(2)8-13(10-18)9-16-15/h4-10H,1-3H3. The van der Waals surface area contributed by atoms with E-state index in [-0.39, 0.29) is 0 Å². The quantitative estimate of drug-likeness (QED) is 0.772. The summed E-state index contributed by atoms with van der Waals surface area (Å²) in [5.74, 6) is 0.870. The van der Waals surface area contributed by atoms with E-state index in [1.54, 1.807) is 6.20 Å². The largest absolute Gasteiger partial charge is 0.329 e. The number of rotatable bonds is 3. The predicted molar refractivity (Wildman–Crippen MR) is 73.6 cm³/mol. The first-order chi connectivity index (χ1) is 8.63. The molecule has 0 spiro atoms. The molecule has 0 atom stereocenters. The summed E-state index contributed by atoms with van der Waals surface area (Å²) in [4.78, 5) is 17.1. The van der Waals surface area contributed by atoms with Crippen LogP contribution < -0.4 is 4.90 Å². The van der Waals surface area contributed by atoms with Crippen molar-refractivity contribution in [3.8, 4) is 0 Å². The molecule has 3 nitrogen and oxygen atoms in total. The minimum Gasteiger partial charge on any atom is -0.329 e. The molecule has 0 fully saturated rings. The van der Waals surface area contributed by atoms with Crippen molar-refractivity contribution in [2.45, 2.75) is 13.8 Å². The van der Waals surface area contributed by atoms with E-state index in [4.69, 9.17) is 0 Å². The third-order valence-electron chi connectivity index (χ3n) is 3.00. The number of anilines is 2. The van der Waals surface area contributed by atoms with Crippen molar-refractivity contribution in [3.63, 3.8) is 0 Å². The molecule has 0 aliphatic rings. The average molecular weight is 240 g/mol. The number of aldehydes is 1. The van der Waals surface area contributed by atoms with Crippen LogP contribution in [-0.4, -0.2) is 18.3 Å². The Bertz CT molecular complexity index is 578. The molecule has 3 heteroatoms. The summed E-state index contributed by atoms with van der Waals surface area (Å²) in [5, 5.41) is 0. The molecular formula is C15H16N2O. The molecule has 0 N–H and O–H groups in total. The summed E-state index contributed by atoms with van der Waals surface area (Å²) in [6.07, 6.45) is 2.42. The summed E-state index contributed by atoms with van der Waals surface area (Å²) in [7, 11) is 1.98. The number of hydrogen-bond donors (Lipinski definition) is 0. The van der Waals surface area contributed by atoms with Gasteiger partial charge in [0, 0.05) is 24.5 Å². The van der Waals surface area contributed by atoms with Crippen LogP contribution in [0.5, 0.6) is 0 Å². The SMILES string of the molecule is Cc1ccccc1N(C)c1ncc(C=O)cc1C. The first-order valence-corrected chi connectivity index (χ1v) is 5.84. The van der Waals surface area contributed by atoms with Gasteiger partial charge in [0.05, 0.1) is 0 Å². The van der Waals surface area contributed by atoms with E-state index < -0.39 is 0 Å². The molecule has 0 saturated heterocycles. The van der Waals surface area contributed by atoms with Crippen LogP contribution in [0.25, 0.3) is 0 Å². The lowest BCUT2D eigenvalue weighted by atomic mass is 10.1. The maximum absolute atomic E-state index is 10.7. The number of benzene rings is 1. The Morgan fingerprint density at radius 2 is 1.89 bits per heavy atom. The Hall–Kier alpha value is -2.16. The van der Waals surface area contributed by atoms with Crippen LogP contribution in [0, 0.1) is 13.8 Å². The molecule has 92 valence electrons. The average Bonchev–Trinajstić information content (AvgIpc) is 2.38. The van der Waals surface area contributed by atoms with E-state index in [1.807, 2.05) is 37.1 Å². The summed E-state index contributed by atoms with van der Waals surface area (Å²) >= 11 is 0. The number of carbonyl (C=O) groups excluding carboxylic acids is 1. The highest BCUT2D eigenvalue weighted by atomic mass is 16.1. The second kappa shape index (κ2) is 5.00. The van der Waals surface area contributed by atoms with Crippen molar-refractivity contribution in [1.29, 1.82) is 0 Å². The van der Waals surface area contributed by atoms with E-state index in [2.05, 4.69) is 24.0 Å². The molecule has 2 rings (SSSR count). The van der Waals surface area contributed by atoms with Crippen LogP contribution in [0.2, 0.25) is 0 Å². The van der Waals surface area contributed by atoms with Crippen LogP contribution in [0.1, 0.15) is 21.5 Å². The van der Waals surface area contributed by atoms with Gasteiger partial charge in [0.2, 0.25) is 0 Å². The number of nitrogens with zero attached hydrogens (tertiary/aromatic N) is 2. The fraction of sp³-hybridized carbons (Fsp3) is 0.200. The van der Waals surface area contributed by atoms with Crippen molar-refractivity contribution >= 4 is 17.8 Å². The molecule has 0 radical (unpaired) electrons. The van der Waals surface area contributed by atoms with Crippen molar-refractivity contribution in [2.75, 3.05) is 11.9 Å². The molecule has 1 aromatic carbocycles. The molecule has 1 aromatic heterocycles. The normalized spacial score (nSPS) is 10.2. The lowest BCUT2D eigenvalue weighted by Crippen LogP contribution is -2.14. The smallest absolute Gasteiger partial charge is 0.151 e. The van der Waals surface area contributed by atoms with E-state index in [0.29, 0.717) is 5.56 Å². The van der Waals surface area contributed by atoms with Gasteiger partial charge in [-0.15, -0.1) is 0 Å². The molecule has 1 heterocycles. The Balaban J connectivity index is 2.43. The summed E-state index contributed by atoms with van der Waals surface area (Å²) in [6, 6.07) is 10.0. The van der Waals surface area contributed by atoms with Gasteiger partial charge >= 0.3 is 0 Å². The highest BCUT2D eigenvalue weighted by Crippen LogP contribution is 2.27. The van der Waals surface area contributed by atoms with Crippen molar-refractivity contribution in [3.05, 3.63) is 53.2 Å². The molecule has 0 bridgehead atoms. The van der Waals surface area contributed by atoms with E-state index in [0.717, 1.165) is 23.4 Å². The number of aryl methyl sites for hydroxylation is 2. The van der Waals surface area contributed by atoms with Gasteiger partial charge in [-0.25, -0.2) is 4.98 Å². The Labute approximate surface area is 107 Å². The number of aromatic nitrogens is 1. The Kier molecular flexibility index (Phi) is 3.42. The first kappa shape index (κ1) is 12.3. The van der Waals surface area contributed by atoms with Crippen LogP contribution in [0.3, 0.4) is 0 Å². The molecule has 0 unspecified atom stereocenters. The minimum absolute atomic E-state index is 0.606. The summed E-state index contributed by atoms with van der Waals surface area (Å²) in [6.45, 7) is 4.03. The van der Waals surface area contributed by atoms with Crippen molar-refractivity contribution in [1.82, 2.24) is 4.98 Å². The maximum atomic E-state index is 10.7. The number of pyridine rings is 1. The molecule has 0 saturated carbocycles. The molecule has 0 amide bonds. The minimum atomic E-state index is 0.606. The van der Waals surface area contributed by atoms with E-state index in [9.17, 15) is 4.79 Å². The van der Waals surface area contributed by atoms with Crippen molar-refractivity contribution in [2.24, 2.45) is 0 Å². The lowest BCUT2D eigenvalue weighted by Gasteiger charge is -2.22. The van der Waals surface area contributed by atoms with Gasteiger partial charge < -0.3 is 4.90 Å². The zero-order valence-corrected chi connectivity index (χ0v) is 10.8. The molecular weight excluding hydrogens is 224 g/mol. The second-order valence-electron chi connectivity index (χ2n) is 4.37. The maximum Gasteiger partial charge on any atom is 0.151 e. The topological polar surface area (TPSA) is 33.2 Å². The van der Waals surface area contributed by atoms with Crippen LogP contribution >= 0.6 is 0 Å². The van der Waals surface area contributed by atoms with Gasteiger partial charge in [-0.05, 0) is 37.1 Å². The van der Waals surface area contributed by atoms with Gasteiger partial charge in [-0.2, -0.15) is 0 Å². The fourth-order valence-electron chi connectivity index (χ4n) is 2.06. The third-order valence-corrected chi connectivity index (χ3v) is 3.00. The predicted octanol–water partition coefficient (Wildman–Crippen LogP) is 3.28. The Morgan fingerprint density at radius 1 is 1.17 bits per heavy atom. The molecule has 18 heavy (non-hydrogen) atoms. The monoisotopic (exact) mass is 240 g/mol. The summed E-state index contributed by atoms with van der Waals surface area (Å²) in [5.41, 5.74) is 3.91. The Morgan fingerprint density at radius 3 is 2.50 bits per heavy atom. The van der Waals surface area contributed by atoms with E-state index >= 15 is 0 Å². The van der Waals surface area contributed by atoms with Gasteiger partial charge in [0.15, 0.2) is 6.29 Å². The first-order valence-electron chi connectivity index (χ1n) is 5.84. The zero-order valence-electron chi connectivity index (χ0n) is 10.8. The second-order valence-corrected chi connectivity index (χ2v) is 4.37. The number of para-hydroxylation sites is 1. The van der Waals surface area contributed by atoms with Crippen LogP contribution in [0.15, 0.2) is 36.5 Å². The molecule has 0 aliphatic heterocycles. The van der Waals surface area contributed by atoms with Gasteiger partial charge in [0.1, 0.15) is 5.82 Å². The van der Waals surface area contributed by atoms with Crippen LogP contribution in [0.4, 0.5) is 11.5 Å². The highest BCUT2D eigenvalue weighted by Gasteiger charge is 2.10. The van der Waals surface area contributed by atoms with Gasteiger partial charge in [-0.3, -0.25) is 4.79 Å². The zero-order chi connectivity index (χ0) is 13.1. The lowest BCUT2D eigenvalue weighted by molar-refractivity contribution is 0.112. The highest BCUT2D eigenvalue weighted by molar-refractivity contribution is 5.76. The summed E-state index contributed by atoms with van der Waals surface area (Å²) < 4.78 is 0. The van der Waals surface area contributed by atoms with Gasteiger partial charge in [0.25, 0.3) is 0 Å². The van der Waals surface area contributed by atoms with Crippen molar-refractivity contribution < 1.29 is 4.79 Å². The molecule has 2 aromatic rings. The number of hydrogen-bond acceptors (Lipinski definition) is 3. The fourth-order valence-corrected chi connectivity index (χ4v) is 2.06. The molecule has 0 aliphatic carbocycles. The van der Waals surface area contributed by atoms with Gasteiger partial charge in [-0.1, -0.05) is 18.2 Å². The van der Waals surface area contributed by atoms with E-state index in [1.165, 1.54) is 5.56 Å². The number of carbonyl (C=O) groups is 1. The van der Waals surface area contributed by atoms with Crippen LogP contribution in [-0.2, 0) is 0 Å².